The Hall–Kier alpha value is -1.73. The number of hydrogen-bond acceptors (Lipinski definition) is 4. The van der Waals surface area contributed by atoms with Gasteiger partial charge in [0.15, 0.2) is 0 Å². The van der Waals surface area contributed by atoms with E-state index in [4.69, 9.17) is 16.3 Å². The van der Waals surface area contributed by atoms with Crippen molar-refractivity contribution < 1.29 is 14.1 Å². The van der Waals surface area contributed by atoms with Crippen LogP contribution in [0.15, 0.2) is 34.9 Å². The normalized spacial score (nSPS) is 10.3. The molecule has 0 fully saturated rings. The molecule has 0 bridgehead atoms. The first-order valence-electron chi connectivity index (χ1n) is 5.34. The zero-order chi connectivity index (χ0) is 14.7. The van der Waals surface area contributed by atoms with Crippen LogP contribution in [0.3, 0.4) is 0 Å². The summed E-state index contributed by atoms with van der Waals surface area (Å²) in [6.07, 6.45) is 1.49. The molecule has 0 radical (unpaired) electrons. The molecule has 0 unspecified atom stereocenters. The molecule has 0 spiro atoms. The van der Waals surface area contributed by atoms with Crippen molar-refractivity contribution in [3.63, 3.8) is 0 Å². The van der Waals surface area contributed by atoms with E-state index in [-0.39, 0.29) is 16.8 Å². The lowest BCUT2D eigenvalue weighted by molar-refractivity contribution is -0.386. The first kappa shape index (κ1) is 14.7. The van der Waals surface area contributed by atoms with E-state index < -0.39 is 16.4 Å². The Morgan fingerprint density at radius 1 is 1.45 bits per heavy atom. The molecule has 0 saturated carbocycles. The zero-order valence-electron chi connectivity index (χ0n) is 9.85. The Kier molecular flexibility index (Phi) is 4.51. The van der Waals surface area contributed by atoms with Crippen molar-refractivity contribution in [3.05, 3.63) is 61.6 Å². The molecule has 0 aliphatic rings. The fourth-order valence-corrected chi connectivity index (χ4v) is 2.12. The summed E-state index contributed by atoms with van der Waals surface area (Å²) in [5.41, 5.74) is 0.235. The first-order chi connectivity index (χ1) is 9.47. The average Bonchev–Trinajstić information content (AvgIpc) is 2.38. The molecule has 2 rings (SSSR count). The summed E-state index contributed by atoms with van der Waals surface area (Å²) < 4.78 is 18.7. The molecule has 1 aromatic carbocycles. The minimum atomic E-state index is -0.718. The van der Waals surface area contributed by atoms with Gasteiger partial charge in [-0.25, -0.2) is 9.37 Å². The van der Waals surface area contributed by atoms with E-state index >= 15 is 0 Å². The van der Waals surface area contributed by atoms with Crippen molar-refractivity contribution >= 4 is 33.2 Å². The largest absolute Gasteiger partial charge is 0.481 e. The molecule has 0 atom stereocenters. The van der Waals surface area contributed by atoms with Gasteiger partial charge in [-0.3, -0.25) is 10.1 Å². The number of aromatic nitrogens is 1. The number of pyridine rings is 1. The highest BCUT2D eigenvalue weighted by atomic mass is 79.9. The minimum absolute atomic E-state index is 0.0358. The van der Waals surface area contributed by atoms with E-state index in [2.05, 4.69) is 20.9 Å². The second kappa shape index (κ2) is 6.15. The first-order valence-corrected chi connectivity index (χ1v) is 6.51. The van der Waals surface area contributed by atoms with Gasteiger partial charge in [-0.05, 0) is 28.1 Å². The van der Waals surface area contributed by atoms with Gasteiger partial charge in [0.1, 0.15) is 17.6 Å². The van der Waals surface area contributed by atoms with Crippen molar-refractivity contribution in [2.24, 2.45) is 0 Å². The number of nitro benzene ring substituents is 1. The van der Waals surface area contributed by atoms with Crippen molar-refractivity contribution in [1.82, 2.24) is 4.98 Å². The fourth-order valence-electron chi connectivity index (χ4n) is 1.47. The van der Waals surface area contributed by atoms with Gasteiger partial charge < -0.3 is 4.74 Å². The summed E-state index contributed by atoms with van der Waals surface area (Å²) in [6.45, 7) is 0.0508. The number of ether oxygens (including phenoxy) is 1. The van der Waals surface area contributed by atoms with Gasteiger partial charge >= 0.3 is 5.69 Å². The van der Waals surface area contributed by atoms with Crippen LogP contribution in [0.4, 0.5) is 10.1 Å². The van der Waals surface area contributed by atoms with Crippen LogP contribution < -0.4 is 4.74 Å². The number of nitrogens with zero attached hydrogens (tertiary/aromatic N) is 2. The summed E-state index contributed by atoms with van der Waals surface area (Å²) in [7, 11) is 0. The van der Waals surface area contributed by atoms with Gasteiger partial charge in [-0.15, -0.1) is 0 Å². The predicted octanol–water partition coefficient (Wildman–Crippen LogP) is 4.12. The van der Waals surface area contributed by atoms with Gasteiger partial charge in [0, 0.05) is 11.8 Å². The second-order valence-electron chi connectivity index (χ2n) is 3.77. The summed E-state index contributed by atoms with van der Waals surface area (Å²) >= 11 is 8.69. The summed E-state index contributed by atoms with van der Waals surface area (Å²) in [6, 6.07) is 5.16. The molecule has 5 nitrogen and oxygen atoms in total. The summed E-state index contributed by atoms with van der Waals surface area (Å²) in [5, 5.41) is 11.2. The SMILES string of the molecule is O=[N+]([O-])c1cc(F)cc(Br)c1OCc1ccc(Cl)nc1. The fraction of sp³-hybridized carbons (Fsp3) is 0.0833. The van der Waals surface area contributed by atoms with Crippen molar-refractivity contribution in [3.8, 4) is 5.75 Å². The van der Waals surface area contributed by atoms with E-state index in [1.807, 2.05) is 0 Å². The van der Waals surface area contributed by atoms with Gasteiger partial charge in [0.25, 0.3) is 0 Å². The lowest BCUT2D eigenvalue weighted by Crippen LogP contribution is -2.01. The predicted molar refractivity (Wildman–Crippen MR) is 74.3 cm³/mol. The Bertz CT molecular complexity index is 652. The second-order valence-corrected chi connectivity index (χ2v) is 5.01. The van der Waals surface area contributed by atoms with Gasteiger partial charge in [-0.2, -0.15) is 0 Å². The van der Waals surface area contributed by atoms with Crippen molar-refractivity contribution in [2.45, 2.75) is 6.61 Å². The molecule has 0 N–H and O–H groups in total. The van der Waals surface area contributed by atoms with Crippen LogP contribution >= 0.6 is 27.5 Å². The smallest absolute Gasteiger partial charge is 0.315 e. The molecule has 0 aliphatic carbocycles. The third kappa shape index (κ3) is 3.43. The van der Waals surface area contributed by atoms with Crippen LogP contribution in [0.25, 0.3) is 0 Å². The van der Waals surface area contributed by atoms with Crippen LogP contribution in [0.1, 0.15) is 5.56 Å². The number of nitro groups is 1. The van der Waals surface area contributed by atoms with Crippen molar-refractivity contribution in [1.29, 1.82) is 0 Å². The van der Waals surface area contributed by atoms with E-state index in [0.717, 1.165) is 12.1 Å². The molecular weight excluding hydrogens is 354 g/mol. The van der Waals surface area contributed by atoms with Crippen LogP contribution in [0.5, 0.6) is 5.75 Å². The van der Waals surface area contributed by atoms with Gasteiger partial charge in [0.2, 0.25) is 5.75 Å². The third-order valence-corrected chi connectivity index (χ3v) is 3.17. The molecule has 0 saturated heterocycles. The average molecular weight is 362 g/mol. The van der Waals surface area contributed by atoms with E-state index in [0.29, 0.717) is 10.7 Å². The Labute approximate surface area is 126 Å². The molecular formula is C12H7BrClFN2O3. The third-order valence-electron chi connectivity index (χ3n) is 2.36. The maximum absolute atomic E-state index is 13.2. The van der Waals surface area contributed by atoms with Gasteiger partial charge in [0.05, 0.1) is 15.5 Å². The molecule has 1 heterocycles. The maximum Gasteiger partial charge on any atom is 0.315 e. The molecule has 20 heavy (non-hydrogen) atoms. The molecule has 8 heteroatoms. The molecule has 104 valence electrons. The van der Waals surface area contributed by atoms with E-state index in [1.165, 1.54) is 6.20 Å². The summed E-state index contributed by atoms with van der Waals surface area (Å²) in [5.74, 6) is -0.754. The highest BCUT2D eigenvalue weighted by Crippen LogP contribution is 2.36. The lowest BCUT2D eigenvalue weighted by atomic mass is 10.2. The topological polar surface area (TPSA) is 65.3 Å². The van der Waals surface area contributed by atoms with Crippen LogP contribution in [-0.2, 0) is 6.61 Å². The number of rotatable bonds is 4. The maximum atomic E-state index is 13.2. The molecule has 1 aromatic heterocycles. The van der Waals surface area contributed by atoms with E-state index in [1.54, 1.807) is 12.1 Å². The van der Waals surface area contributed by atoms with Gasteiger partial charge in [-0.1, -0.05) is 17.7 Å². The van der Waals surface area contributed by atoms with Crippen LogP contribution in [-0.4, -0.2) is 9.91 Å². The summed E-state index contributed by atoms with van der Waals surface area (Å²) in [4.78, 5) is 14.1. The molecule has 0 amide bonds. The Balaban J connectivity index is 2.24. The highest BCUT2D eigenvalue weighted by molar-refractivity contribution is 9.10. The van der Waals surface area contributed by atoms with Crippen LogP contribution in [0.2, 0.25) is 5.15 Å². The van der Waals surface area contributed by atoms with E-state index in [9.17, 15) is 14.5 Å². The quantitative estimate of drug-likeness (QED) is 0.467. The standard InChI is InChI=1S/C12H7BrClFN2O3/c13-9-3-8(15)4-10(17(18)19)12(9)20-6-7-1-2-11(14)16-5-7/h1-5H,6H2. The monoisotopic (exact) mass is 360 g/mol. The zero-order valence-corrected chi connectivity index (χ0v) is 12.2. The highest BCUT2D eigenvalue weighted by Gasteiger charge is 2.20. The van der Waals surface area contributed by atoms with Crippen molar-refractivity contribution in [2.75, 3.05) is 0 Å². The molecule has 0 aliphatic heterocycles. The number of hydrogen-bond donors (Lipinski definition) is 0. The number of benzene rings is 1. The van der Waals surface area contributed by atoms with Crippen LogP contribution in [0, 0.1) is 15.9 Å². The number of halogens is 3. The Morgan fingerprint density at radius 3 is 2.80 bits per heavy atom. The Morgan fingerprint density at radius 2 is 2.20 bits per heavy atom. The lowest BCUT2D eigenvalue weighted by Gasteiger charge is -2.08. The minimum Gasteiger partial charge on any atom is -0.481 e. The molecule has 2 aromatic rings.